The van der Waals surface area contributed by atoms with E-state index in [0.29, 0.717) is 16.8 Å². The van der Waals surface area contributed by atoms with Gasteiger partial charge in [0.15, 0.2) is 0 Å². The van der Waals surface area contributed by atoms with Gasteiger partial charge in [0.25, 0.3) is 0 Å². The number of hydrogen-bond acceptors (Lipinski definition) is 8. The van der Waals surface area contributed by atoms with Crippen LogP contribution in [0.2, 0.25) is 0 Å². The Balaban J connectivity index is 2.31. The lowest BCUT2D eigenvalue weighted by Crippen LogP contribution is -2.20. The first-order chi connectivity index (χ1) is 14.0. The summed E-state index contributed by atoms with van der Waals surface area (Å²) < 4.78 is 14.7. The van der Waals surface area contributed by atoms with Gasteiger partial charge in [-0.2, -0.15) is 10.2 Å². The molecule has 0 aliphatic heterocycles. The Bertz CT molecular complexity index is 910. The first-order valence-electron chi connectivity index (χ1n) is 8.84. The van der Waals surface area contributed by atoms with Crippen LogP contribution in [0.3, 0.4) is 0 Å². The van der Waals surface area contributed by atoms with Crippen molar-refractivity contribution in [1.82, 2.24) is 0 Å². The summed E-state index contributed by atoms with van der Waals surface area (Å²) in [6.45, 7) is 1.26. The zero-order chi connectivity index (χ0) is 21.2. The van der Waals surface area contributed by atoms with E-state index in [9.17, 15) is 14.4 Å². The number of methoxy groups -OCH3 is 2. The van der Waals surface area contributed by atoms with E-state index in [4.69, 9.17) is 14.2 Å². The van der Waals surface area contributed by atoms with Crippen LogP contribution in [0.1, 0.15) is 33.2 Å². The molecule has 1 atom stereocenters. The van der Waals surface area contributed by atoms with Crippen LogP contribution in [0, 0.1) is 0 Å². The summed E-state index contributed by atoms with van der Waals surface area (Å²) in [6.07, 6.45) is 0.280. The van der Waals surface area contributed by atoms with Crippen molar-refractivity contribution in [2.24, 2.45) is 10.2 Å². The van der Waals surface area contributed by atoms with Crippen molar-refractivity contribution in [1.29, 1.82) is 0 Å². The number of azo groups is 1. The number of carbonyl (C=O) groups excluding carboxylic acids is 3. The maximum absolute atomic E-state index is 12.0. The molecule has 0 radical (unpaired) electrons. The van der Waals surface area contributed by atoms with Gasteiger partial charge in [0, 0.05) is 13.3 Å². The molecule has 0 aliphatic rings. The molecule has 0 saturated carbocycles. The summed E-state index contributed by atoms with van der Waals surface area (Å²) in [5.74, 6) is -1.46. The zero-order valence-electron chi connectivity index (χ0n) is 16.5. The molecule has 0 aliphatic carbocycles. The van der Waals surface area contributed by atoms with E-state index in [2.05, 4.69) is 10.2 Å². The topological polar surface area (TPSA) is 104 Å². The number of carbonyl (C=O) groups is 3. The van der Waals surface area contributed by atoms with Crippen molar-refractivity contribution in [3.05, 3.63) is 65.2 Å². The smallest absolute Gasteiger partial charge is 0.340 e. The Kier molecular flexibility index (Phi) is 8.02. The van der Waals surface area contributed by atoms with Gasteiger partial charge in [-0.05, 0) is 23.8 Å². The maximum Gasteiger partial charge on any atom is 0.340 e. The van der Waals surface area contributed by atoms with Crippen molar-refractivity contribution < 1.29 is 28.6 Å². The van der Waals surface area contributed by atoms with Crippen molar-refractivity contribution >= 4 is 23.6 Å². The Labute approximate surface area is 168 Å². The third-order valence-corrected chi connectivity index (χ3v) is 4.00. The van der Waals surface area contributed by atoms with Gasteiger partial charge in [0.05, 0.1) is 31.0 Å². The van der Waals surface area contributed by atoms with Crippen molar-refractivity contribution in [2.75, 3.05) is 20.8 Å². The lowest BCUT2D eigenvalue weighted by atomic mass is 10.0. The predicted octanol–water partition coefficient (Wildman–Crippen LogP) is 3.52. The van der Waals surface area contributed by atoms with Crippen LogP contribution >= 0.6 is 0 Å². The molecular weight excluding hydrogens is 376 g/mol. The highest BCUT2D eigenvalue weighted by Gasteiger charge is 2.18. The molecule has 2 aromatic rings. The van der Waals surface area contributed by atoms with Gasteiger partial charge in [-0.3, -0.25) is 4.79 Å². The number of esters is 3. The summed E-state index contributed by atoms with van der Waals surface area (Å²) in [5.41, 5.74) is 1.66. The number of benzene rings is 2. The first kappa shape index (κ1) is 21.7. The van der Waals surface area contributed by atoms with E-state index in [1.54, 1.807) is 48.5 Å². The number of ether oxygens (including phenoxy) is 3. The first-order valence-corrected chi connectivity index (χ1v) is 8.84. The third-order valence-electron chi connectivity index (χ3n) is 4.00. The molecule has 0 amide bonds. The zero-order valence-corrected chi connectivity index (χ0v) is 16.5. The molecule has 2 rings (SSSR count). The van der Waals surface area contributed by atoms with E-state index < -0.39 is 23.9 Å². The summed E-state index contributed by atoms with van der Waals surface area (Å²) in [4.78, 5) is 35.1. The van der Waals surface area contributed by atoms with E-state index >= 15 is 0 Å². The molecule has 0 fully saturated rings. The minimum Gasteiger partial charge on any atom is -0.465 e. The van der Waals surface area contributed by atoms with Crippen LogP contribution < -0.4 is 0 Å². The van der Waals surface area contributed by atoms with Gasteiger partial charge in [0.1, 0.15) is 12.6 Å². The fraction of sp³-hybridized carbons (Fsp3) is 0.286. The monoisotopic (exact) mass is 398 g/mol. The average molecular weight is 398 g/mol. The van der Waals surface area contributed by atoms with Crippen LogP contribution in [0.5, 0.6) is 0 Å². The third kappa shape index (κ3) is 6.24. The van der Waals surface area contributed by atoms with Gasteiger partial charge in [-0.25, -0.2) is 9.59 Å². The molecule has 0 saturated heterocycles. The molecule has 0 aromatic heterocycles. The van der Waals surface area contributed by atoms with Gasteiger partial charge in [-0.15, -0.1) is 0 Å². The largest absolute Gasteiger partial charge is 0.465 e. The second-order valence-electron chi connectivity index (χ2n) is 6.03. The van der Waals surface area contributed by atoms with E-state index in [-0.39, 0.29) is 18.6 Å². The molecule has 0 N–H and O–H groups in total. The SMILES string of the molecule is COC(=O)c1ccccc1CC(COC(C)=O)N=Nc1ccccc1C(=O)OC. The quantitative estimate of drug-likeness (QED) is 0.383. The van der Waals surface area contributed by atoms with Crippen molar-refractivity contribution in [3.63, 3.8) is 0 Å². The number of nitrogens with zero attached hydrogens (tertiary/aromatic N) is 2. The van der Waals surface area contributed by atoms with Crippen LogP contribution in [-0.4, -0.2) is 44.8 Å². The summed E-state index contributed by atoms with van der Waals surface area (Å²) >= 11 is 0. The molecule has 0 bridgehead atoms. The van der Waals surface area contributed by atoms with E-state index in [0.717, 1.165) is 0 Å². The summed E-state index contributed by atoms with van der Waals surface area (Å²) in [5, 5.41) is 8.41. The fourth-order valence-electron chi connectivity index (χ4n) is 2.60. The standard InChI is InChI=1S/C21H22N2O6/c1-14(24)29-13-16(12-15-8-4-5-9-17(15)20(25)27-2)22-23-19-11-7-6-10-18(19)21(26)28-3/h4-11,16H,12-13H2,1-3H3. The highest BCUT2D eigenvalue weighted by molar-refractivity contribution is 5.94. The lowest BCUT2D eigenvalue weighted by molar-refractivity contribution is -0.141. The predicted molar refractivity (Wildman–Crippen MR) is 104 cm³/mol. The van der Waals surface area contributed by atoms with Crippen LogP contribution in [0.25, 0.3) is 0 Å². The number of hydrogen-bond donors (Lipinski definition) is 0. The van der Waals surface area contributed by atoms with Gasteiger partial charge < -0.3 is 14.2 Å². The second-order valence-corrected chi connectivity index (χ2v) is 6.03. The normalized spacial score (nSPS) is 11.7. The molecule has 8 heteroatoms. The Morgan fingerprint density at radius 3 is 2.14 bits per heavy atom. The molecule has 29 heavy (non-hydrogen) atoms. The van der Waals surface area contributed by atoms with E-state index in [1.165, 1.54) is 21.1 Å². The Hall–Kier alpha value is -3.55. The molecule has 0 heterocycles. The molecule has 1 unspecified atom stereocenters. The minimum absolute atomic E-state index is 0.0330. The molecular formula is C21H22N2O6. The minimum atomic E-state index is -0.574. The molecule has 152 valence electrons. The van der Waals surface area contributed by atoms with Crippen LogP contribution in [0.15, 0.2) is 58.8 Å². The highest BCUT2D eigenvalue weighted by Crippen LogP contribution is 2.22. The lowest BCUT2D eigenvalue weighted by Gasteiger charge is -2.14. The second kappa shape index (κ2) is 10.7. The van der Waals surface area contributed by atoms with Crippen molar-refractivity contribution in [3.8, 4) is 0 Å². The maximum atomic E-state index is 12.0. The molecule has 0 spiro atoms. The Morgan fingerprint density at radius 1 is 0.897 bits per heavy atom. The molecule has 8 nitrogen and oxygen atoms in total. The van der Waals surface area contributed by atoms with Gasteiger partial charge >= 0.3 is 17.9 Å². The number of rotatable bonds is 8. The average Bonchev–Trinajstić information content (AvgIpc) is 2.74. The molecule has 2 aromatic carbocycles. The van der Waals surface area contributed by atoms with Crippen LogP contribution in [0.4, 0.5) is 5.69 Å². The summed E-state index contributed by atoms with van der Waals surface area (Å²) in [6, 6.07) is 13.0. The highest BCUT2D eigenvalue weighted by atomic mass is 16.5. The summed E-state index contributed by atoms with van der Waals surface area (Å²) in [7, 11) is 2.59. The fourth-order valence-corrected chi connectivity index (χ4v) is 2.60. The van der Waals surface area contributed by atoms with Crippen LogP contribution in [-0.2, 0) is 25.4 Å². The van der Waals surface area contributed by atoms with Crippen molar-refractivity contribution in [2.45, 2.75) is 19.4 Å². The van der Waals surface area contributed by atoms with Gasteiger partial charge in [-0.1, -0.05) is 30.3 Å². The van der Waals surface area contributed by atoms with E-state index in [1.807, 2.05) is 0 Å². The van der Waals surface area contributed by atoms with Gasteiger partial charge in [0.2, 0.25) is 0 Å². The Morgan fingerprint density at radius 2 is 1.48 bits per heavy atom.